The van der Waals surface area contributed by atoms with Crippen LogP contribution in [0.3, 0.4) is 0 Å². The number of carbonyl (C=O) groups excluding carboxylic acids is 2. The van der Waals surface area contributed by atoms with Crippen molar-refractivity contribution < 1.29 is 14.3 Å². The fourth-order valence-corrected chi connectivity index (χ4v) is 3.78. The summed E-state index contributed by atoms with van der Waals surface area (Å²) in [5.41, 5.74) is 2.79. The van der Waals surface area contributed by atoms with Crippen LogP contribution in [0.15, 0.2) is 54.6 Å². The minimum atomic E-state index is -0.557. The van der Waals surface area contributed by atoms with Gasteiger partial charge in [-0.05, 0) is 43.3 Å². The van der Waals surface area contributed by atoms with Gasteiger partial charge in [0.1, 0.15) is 0 Å². The third kappa shape index (κ3) is 4.39. The van der Waals surface area contributed by atoms with Crippen LogP contribution in [-0.2, 0) is 9.53 Å². The molecular formula is C23H22ClN3O3. The molecule has 1 amide bonds. The maximum absolute atomic E-state index is 12.5. The third-order valence-electron chi connectivity index (χ3n) is 5.27. The number of anilines is 1. The lowest BCUT2D eigenvalue weighted by atomic mass is 10.1. The van der Waals surface area contributed by atoms with E-state index in [0.717, 1.165) is 29.7 Å². The molecule has 0 atom stereocenters. The number of para-hydroxylation sites is 1. The molecule has 4 rings (SSSR count). The Hall–Kier alpha value is -3.12. The van der Waals surface area contributed by atoms with Crippen LogP contribution < -0.4 is 4.90 Å². The molecule has 0 spiro atoms. The van der Waals surface area contributed by atoms with Gasteiger partial charge in [-0.15, -0.1) is 0 Å². The number of aromatic nitrogens is 1. The highest BCUT2D eigenvalue weighted by atomic mass is 35.5. The number of hydrogen-bond acceptors (Lipinski definition) is 5. The Morgan fingerprint density at radius 3 is 2.50 bits per heavy atom. The molecule has 1 saturated heterocycles. The first-order valence-corrected chi connectivity index (χ1v) is 10.2. The SMILES string of the molecule is Cc1nc2ccc(Cl)cc2cc1C(=O)OCC(=O)N1CCN(c2ccccc2)CC1. The van der Waals surface area contributed by atoms with Crippen LogP contribution in [-0.4, -0.2) is 54.5 Å². The third-order valence-corrected chi connectivity index (χ3v) is 5.50. The topological polar surface area (TPSA) is 62.7 Å². The predicted molar refractivity (Wildman–Crippen MR) is 117 cm³/mol. The predicted octanol–water partition coefficient (Wildman–Crippen LogP) is 3.70. The average Bonchev–Trinajstić information content (AvgIpc) is 2.77. The van der Waals surface area contributed by atoms with Crippen molar-refractivity contribution in [1.82, 2.24) is 9.88 Å². The normalized spacial score (nSPS) is 14.1. The lowest BCUT2D eigenvalue weighted by Crippen LogP contribution is -2.49. The number of esters is 1. The number of amides is 1. The molecule has 2 aromatic carbocycles. The van der Waals surface area contributed by atoms with Crippen molar-refractivity contribution in [3.05, 3.63) is 70.9 Å². The van der Waals surface area contributed by atoms with Crippen LogP contribution in [0.2, 0.25) is 5.02 Å². The van der Waals surface area contributed by atoms with Crippen LogP contribution in [0.4, 0.5) is 5.69 Å². The van der Waals surface area contributed by atoms with Gasteiger partial charge in [-0.1, -0.05) is 29.8 Å². The monoisotopic (exact) mass is 423 g/mol. The molecule has 1 aliphatic heterocycles. The van der Waals surface area contributed by atoms with Crippen LogP contribution in [0.5, 0.6) is 0 Å². The van der Waals surface area contributed by atoms with E-state index < -0.39 is 5.97 Å². The molecular weight excluding hydrogens is 402 g/mol. The van der Waals surface area contributed by atoms with Crippen molar-refractivity contribution in [1.29, 1.82) is 0 Å². The highest BCUT2D eigenvalue weighted by Crippen LogP contribution is 2.21. The Balaban J connectivity index is 1.34. The van der Waals surface area contributed by atoms with Crippen molar-refractivity contribution in [2.75, 3.05) is 37.7 Å². The zero-order valence-corrected chi connectivity index (χ0v) is 17.4. The van der Waals surface area contributed by atoms with E-state index in [2.05, 4.69) is 22.0 Å². The molecule has 0 unspecified atom stereocenters. The van der Waals surface area contributed by atoms with Crippen molar-refractivity contribution >= 4 is 40.1 Å². The van der Waals surface area contributed by atoms with E-state index in [1.54, 1.807) is 36.1 Å². The summed E-state index contributed by atoms with van der Waals surface area (Å²) in [5.74, 6) is -0.747. The fourth-order valence-electron chi connectivity index (χ4n) is 3.60. The first-order chi connectivity index (χ1) is 14.5. The first-order valence-electron chi connectivity index (χ1n) is 9.83. The van der Waals surface area contributed by atoms with E-state index in [1.165, 1.54) is 0 Å². The Bertz CT molecular complexity index is 1080. The summed E-state index contributed by atoms with van der Waals surface area (Å²) < 4.78 is 5.30. The van der Waals surface area contributed by atoms with Crippen LogP contribution in [0.25, 0.3) is 10.9 Å². The molecule has 6 nitrogen and oxygen atoms in total. The standard InChI is InChI=1S/C23H22ClN3O3/c1-16-20(14-17-13-18(24)7-8-21(17)25-16)23(29)30-15-22(28)27-11-9-26(10-12-27)19-5-3-2-4-6-19/h2-8,13-14H,9-12,15H2,1H3. The molecule has 0 radical (unpaired) electrons. The van der Waals surface area contributed by atoms with Gasteiger partial charge in [0.2, 0.25) is 0 Å². The average molecular weight is 424 g/mol. The second kappa shape index (κ2) is 8.71. The maximum Gasteiger partial charge on any atom is 0.340 e. The first kappa shape index (κ1) is 20.2. The fraction of sp³-hybridized carbons (Fsp3) is 0.261. The lowest BCUT2D eigenvalue weighted by Gasteiger charge is -2.36. The second-order valence-corrected chi connectivity index (χ2v) is 7.67. The van der Waals surface area contributed by atoms with Gasteiger partial charge in [-0.2, -0.15) is 0 Å². The molecule has 3 aromatic rings. The Morgan fingerprint density at radius 2 is 1.77 bits per heavy atom. The van der Waals surface area contributed by atoms with E-state index in [1.807, 2.05) is 18.2 Å². The number of nitrogens with zero attached hydrogens (tertiary/aromatic N) is 3. The number of carbonyl (C=O) groups is 2. The zero-order chi connectivity index (χ0) is 21.1. The Morgan fingerprint density at radius 1 is 1.03 bits per heavy atom. The molecule has 1 fully saturated rings. The highest BCUT2D eigenvalue weighted by molar-refractivity contribution is 6.31. The summed E-state index contributed by atoms with van der Waals surface area (Å²) in [5, 5.41) is 1.32. The smallest absolute Gasteiger partial charge is 0.340 e. The van der Waals surface area contributed by atoms with Gasteiger partial charge in [0.25, 0.3) is 5.91 Å². The van der Waals surface area contributed by atoms with Gasteiger partial charge in [0.15, 0.2) is 6.61 Å². The van der Waals surface area contributed by atoms with Crippen LogP contribution >= 0.6 is 11.6 Å². The van der Waals surface area contributed by atoms with E-state index >= 15 is 0 Å². The summed E-state index contributed by atoms with van der Waals surface area (Å²) in [6, 6.07) is 17.1. The molecule has 0 saturated carbocycles. The minimum absolute atomic E-state index is 0.189. The summed E-state index contributed by atoms with van der Waals surface area (Å²) in [6.45, 7) is 4.16. The van der Waals surface area contributed by atoms with Crippen molar-refractivity contribution in [3.8, 4) is 0 Å². The Labute approximate surface area is 180 Å². The largest absolute Gasteiger partial charge is 0.452 e. The van der Waals surface area contributed by atoms with Crippen LogP contribution in [0.1, 0.15) is 16.1 Å². The van der Waals surface area contributed by atoms with Crippen molar-refractivity contribution in [2.24, 2.45) is 0 Å². The number of rotatable bonds is 4. The summed E-state index contributed by atoms with van der Waals surface area (Å²) in [4.78, 5) is 33.5. The maximum atomic E-state index is 12.5. The number of ether oxygens (including phenoxy) is 1. The van der Waals surface area contributed by atoms with Crippen LogP contribution in [0, 0.1) is 6.92 Å². The lowest BCUT2D eigenvalue weighted by molar-refractivity contribution is -0.134. The summed E-state index contributed by atoms with van der Waals surface area (Å²) in [7, 11) is 0. The van der Waals surface area contributed by atoms with Gasteiger partial charge in [0, 0.05) is 42.3 Å². The van der Waals surface area contributed by atoms with E-state index in [-0.39, 0.29) is 12.5 Å². The Kier molecular flexibility index (Phi) is 5.86. The molecule has 7 heteroatoms. The van der Waals surface area contributed by atoms with Gasteiger partial charge in [-0.25, -0.2) is 4.79 Å². The van der Waals surface area contributed by atoms with E-state index in [4.69, 9.17) is 16.3 Å². The van der Waals surface area contributed by atoms with Gasteiger partial charge < -0.3 is 14.5 Å². The van der Waals surface area contributed by atoms with E-state index in [0.29, 0.717) is 29.4 Å². The van der Waals surface area contributed by atoms with Crippen molar-refractivity contribution in [2.45, 2.75) is 6.92 Å². The van der Waals surface area contributed by atoms with Crippen molar-refractivity contribution in [3.63, 3.8) is 0 Å². The number of halogens is 1. The minimum Gasteiger partial charge on any atom is -0.452 e. The van der Waals surface area contributed by atoms with Gasteiger partial charge in [-0.3, -0.25) is 9.78 Å². The number of pyridine rings is 1. The number of fused-ring (bicyclic) bond motifs is 1. The molecule has 1 aromatic heterocycles. The number of hydrogen-bond donors (Lipinski definition) is 0. The number of piperazine rings is 1. The molecule has 0 N–H and O–H groups in total. The quantitative estimate of drug-likeness (QED) is 0.599. The summed E-state index contributed by atoms with van der Waals surface area (Å²) >= 11 is 6.03. The molecule has 30 heavy (non-hydrogen) atoms. The highest BCUT2D eigenvalue weighted by Gasteiger charge is 2.23. The number of benzene rings is 2. The molecule has 2 heterocycles. The second-order valence-electron chi connectivity index (χ2n) is 7.24. The van der Waals surface area contributed by atoms with Gasteiger partial charge in [0.05, 0.1) is 16.8 Å². The molecule has 1 aliphatic rings. The molecule has 0 bridgehead atoms. The van der Waals surface area contributed by atoms with Gasteiger partial charge >= 0.3 is 5.97 Å². The van der Waals surface area contributed by atoms with E-state index in [9.17, 15) is 9.59 Å². The summed E-state index contributed by atoms with van der Waals surface area (Å²) in [6.07, 6.45) is 0. The number of aryl methyl sites for hydroxylation is 1. The zero-order valence-electron chi connectivity index (χ0n) is 16.7. The molecule has 154 valence electrons. The molecule has 0 aliphatic carbocycles.